The molecule has 1 saturated heterocycles. The smallest absolute Gasteiger partial charge is 0.364 e. The minimum absolute atomic E-state index is 0.00339. The largest absolute Gasteiger partial charge is 0.416 e. The fourth-order valence-corrected chi connectivity index (χ4v) is 3.58. The van der Waals surface area contributed by atoms with E-state index in [1.165, 1.54) is 19.2 Å². The number of pyridine rings is 1. The van der Waals surface area contributed by atoms with Gasteiger partial charge in [0.1, 0.15) is 5.82 Å². The van der Waals surface area contributed by atoms with Gasteiger partial charge < -0.3 is 15.1 Å². The van der Waals surface area contributed by atoms with E-state index in [0.717, 1.165) is 18.6 Å². The number of rotatable bonds is 5. The predicted molar refractivity (Wildman–Crippen MR) is 110 cm³/mol. The molecule has 2 heterocycles. The van der Waals surface area contributed by atoms with Crippen LogP contribution < -0.4 is 5.32 Å². The highest BCUT2D eigenvalue weighted by Crippen LogP contribution is 2.31. The van der Waals surface area contributed by atoms with Gasteiger partial charge in [-0.3, -0.25) is 9.59 Å². The normalized spacial score (nSPS) is 17.4. The zero-order chi connectivity index (χ0) is 22.8. The molecule has 31 heavy (non-hydrogen) atoms. The molecular weight excluding hydrogens is 409 g/mol. The zero-order valence-corrected chi connectivity index (χ0v) is 17.6. The van der Waals surface area contributed by atoms with Crippen LogP contribution in [0, 0.1) is 0 Å². The number of alkyl halides is 3. The Kier molecular flexibility index (Phi) is 6.52. The van der Waals surface area contributed by atoms with Gasteiger partial charge in [-0.2, -0.15) is 13.2 Å². The van der Waals surface area contributed by atoms with Gasteiger partial charge in [-0.25, -0.2) is 4.98 Å². The molecule has 1 aromatic carbocycles. The van der Waals surface area contributed by atoms with Crippen LogP contribution in [0.2, 0.25) is 0 Å². The van der Waals surface area contributed by atoms with Crippen LogP contribution in [0.4, 0.5) is 19.0 Å². The predicted octanol–water partition coefficient (Wildman–Crippen LogP) is 3.97. The summed E-state index contributed by atoms with van der Waals surface area (Å²) in [6, 6.07) is 8.00. The summed E-state index contributed by atoms with van der Waals surface area (Å²) in [6.07, 6.45) is -2.22. The number of carbonyl (C=O) groups is 2. The monoisotopic (exact) mass is 434 g/mol. The Labute approximate surface area is 179 Å². The Balaban J connectivity index is 1.63. The van der Waals surface area contributed by atoms with Crippen LogP contribution in [0.25, 0.3) is 0 Å². The maximum Gasteiger partial charge on any atom is 0.416 e. The highest BCUT2D eigenvalue weighted by Gasteiger charge is 2.31. The van der Waals surface area contributed by atoms with Gasteiger partial charge in [0.2, 0.25) is 5.91 Å². The van der Waals surface area contributed by atoms with Crippen molar-refractivity contribution in [2.24, 2.45) is 0 Å². The molecule has 2 aromatic rings. The molecule has 3 rings (SSSR count). The molecule has 0 bridgehead atoms. The molecule has 0 radical (unpaired) electrons. The minimum atomic E-state index is -4.40. The Hall–Kier alpha value is -3.10. The Morgan fingerprint density at radius 3 is 2.61 bits per heavy atom. The van der Waals surface area contributed by atoms with Crippen LogP contribution in [-0.4, -0.2) is 52.8 Å². The zero-order valence-electron chi connectivity index (χ0n) is 17.6. The number of anilines is 1. The lowest BCUT2D eigenvalue weighted by molar-refractivity contribution is -0.137. The summed E-state index contributed by atoms with van der Waals surface area (Å²) in [5.74, 6) is 0.257. The van der Waals surface area contributed by atoms with Gasteiger partial charge in [0.15, 0.2) is 0 Å². The third-order valence-electron chi connectivity index (χ3n) is 5.58. The van der Waals surface area contributed by atoms with Crippen LogP contribution in [-0.2, 0) is 11.0 Å². The van der Waals surface area contributed by atoms with E-state index in [9.17, 15) is 22.8 Å². The number of aromatic nitrogens is 1. The van der Waals surface area contributed by atoms with E-state index in [0.29, 0.717) is 30.0 Å². The molecular formula is C22H25F3N4O2. The summed E-state index contributed by atoms with van der Waals surface area (Å²) in [6.45, 7) is 4.28. The lowest BCUT2D eigenvalue weighted by Crippen LogP contribution is -2.38. The number of benzene rings is 1. The molecule has 2 atom stereocenters. The van der Waals surface area contributed by atoms with Crippen molar-refractivity contribution in [3.63, 3.8) is 0 Å². The Morgan fingerprint density at radius 2 is 2.00 bits per heavy atom. The first-order chi connectivity index (χ1) is 14.6. The van der Waals surface area contributed by atoms with Gasteiger partial charge in [-0.1, -0.05) is 12.1 Å². The van der Waals surface area contributed by atoms with E-state index in [-0.39, 0.29) is 17.9 Å². The molecule has 0 spiro atoms. The van der Waals surface area contributed by atoms with E-state index < -0.39 is 17.8 Å². The summed E-state index contributed by atoms with van der Waals surface area (Å²) in [7, 11) is 1.73. The molecule has 2 amide bonds. The maximum absolute atomic E-state index is 12.9. The van der Waals surface area contributed by atoms with Crippen LogP contribution in [0.5, 0.6) is 0 Å². The van der Waals surface area contributed by atoms with Gasteiger partial charge in [-0.15, -0.1) is 0 Å². The van der Waals surface area contributed by atoms with Crippen LogP contribution in [0.1, 0.15) is 47.8 Å². The van der Waals surface area contributed by atoms with E-state index in [2.05, 4.69) is 10.3 Å². The minimum Gasteiger partial charge on any atom is -0.364 e. The van der Waals surface area contributed by atoms with Crippen LogP contribution in [0.15, 0.2) is 42.6 Å². The second-order valence-electron chi connectivity index (χ2n) is 7.74. The molecule has 1 fully saturated rings. The van der Waals surface area contributed by atoms with Crippen molar-refractivity contribution in [3.8, 4) is 0 Å². The molecule has 9 heteroatoms. The molecule has 0 aliphatic carbocycles. The fourth-order valence-electron chi connectivity index (χ4n) is 3.58. The maximum atomic E-state index is 12.9. The van der Waals surface area contributed by atoms with Crippen molar-refractivity contribution in [1.82, 2.24) is 14.8 Å². The first-order valence-corrected chi connectivity index (χ1v) is 9.98. The second-order valence-corrected chi connectivity index (χ2v) is 7.74. The average Bonchev–Trinajstić information content (AvgIpc) is 3.22. The van der Waals surface area contributed by atoms with Gasteiger partial charge >= 0.3 is 6.18 Å². The molecule has 1 aromatic heterocycles. The molecule has 0 saturated carbocycles. The number of carbonyl (C=O) groups excluding carboxylic acids is 2. The molecule has 0 unspecified atom stereocenters. The quantitative estimate of drug-likeness (QED) is 0.774. The third kappa shape index (κ3) is 5.34. The van der Waals surface area contributed by atoms with E-state index in [1.54, 1.807) is 42.0 Å². The van der Waals surface area contributed by atoms with E-state index in [4.69, 9.17) is 0 Å². The number of amides is 2. The number of hydrogen-bond acceptors (Lipinski definition) is 4. The Bertz CT molecular complexity index is 947. The summed E-state index contributed by atoms with van der Waals surface area (Å²) < 4.78 is 38.8. The lowest BCUT2D eigenvalue weighted by Gasteiger charge is -2.23. The van der Waals surface area contributed by atoms with Crippen molar-refractivity contribution in [2.45, 2.75) is 38.5 Å². The summed E-state index contributed by atoms with van der Waals surface area (Å²) in [5.41, 5.74) is 0.199. The molecule has 166 valence electrons. The number of halogens is 3. The standard InChI is InChI=1S/C22H25F3N4O2/c1-14(16-5-4-6-18(11-16)22(23,24)25)27-20-8-7-17(12-26-20)21(31)29-10-9-19(13-29)28(3)15(2)30/h4-8,11-12,14,19H,9-10,13H2,1-3H3,(H,26,27)/t14-,19-/m0/s1. The number of nitrogens with zero attached hydrogens (tertiary/aromatic N) is 3. The highest BCUT2D eigenvalue weighted by atomic mass is 19.4. The topological polar surface area (TPSA) is 65.5 Å². The summed E-state index contributed by atoms with van der Waals surface area (Å²) >= 11 is 0. The van der Waals surface area contributed by atoms with Gasteiger partial charge in [0.25, 0.3) is 5.91 Å². The number of hydrogen-bond donors (Lipinski definition) is 1. The fraction of sp³-hybridized carbons (Fsp3) is 0.409. The van der Waals surface area contributed by atoms with E-state index >= 15 is 0 Å². The lowest BCUT2D eigenvalue weighted by atomic mass is 10.0. The summed E-state index contributed by atoms with van der Waals surface area (Å²) in [5, 5.41) is 3.06. The average molecular weight is 434 g/mol. The Morgan fingerprint density at radius 1 is 1.26 bits per heavy atom. The molecule has 1 aliphatic rings. The van der Waals surface area contributed by atoms with Crippen molar-refractivity contribution in [2.75, 3.05) is 25.5 Å². The second kappa shape index (κ2) is 8.95. The van der Waals surface area contributed by atoms with Gasteiger partial charge in [-0.05, 0) is 43.2 Å². The van der Waals surface area contributed by atoms with Crippen molar-refractivity contribution >= 4 is 17.6 Å². The van der Waals surface area contributed by atoms with Gasteiger partial charge in [0.05, 0.1) is 17.2 Å². The van der Waals surface area contributed by atoms with Crippen LogP contribution >= 0.6 is 0 Å². The third-order valence-corrected chi connectivity index (χ3v) is 5.58. The first kappa shape index (κ1) is 22.6. The number of likely N-dealkylation sites (N-methyl/N-ethyl adjacent to an activating group) is 1. The molecule has 1 N–H and O–H groups in total. The van der Waals surface area contributed by atoms with Crippen molar-refractivity contribution in [3.05, 3.63) is 59.3 Å². The van der Waals surface area contributed by atoms with Crippen molar-refractivity contribution in [1.29, 1.82) is 0 Å². The SMILES string of the molecule is CC(=O)N(C)[C@H]1CCN(C(=O)c2ccc(N[C@@H](C)c3cccc(C(F)(F)F)c3)nc2)C1. The van der Waals surface area contributed by atoms with Gasteiger partial charge in [0, 0.05) is 39.3 Å². The summed E-state index contributed by atoms with van der Waals surface area (Å²) in [4.78, 5) is 31.8. The van der Waals surface area contributed by atoms with E-state index in [1.807, 2.05) is 0 Å². The van der Waals surface area contributed by atoms with Crippen LogP contribution in [0.3, 0.4) is 0 Å². The molecule has 1 aliphatic heterocycles. The highest BCUT2D eigenvalue weighted by molar-refractivity contribution is 5.94. The first-order valence-electron chi connectivity index (χ1n) is 9.98. The molecule has 6 nitrogen and oxygen atoms in total. The number of nitrogens with one attached hydrogen (secondary N) is 1. The van der Waals surface area contributed by atoms with Crippen molar-refractivity contribution < 1.29 is 22.8 Å². The number of likely N-dealkylation sites (tertiary alicyclic amines) is 1.